The second kappa shape index (κ2) is 8.34. The molecule has 2 atom stereocenters. The molecule has 0 bridgehead atoms. The number of likely N-dealkylation sites (tertiary alicyclic amines) is 1. The molecule has 1 aromatic rings. The lowest BCUT2D eigenvalue weighted by atomic mass is 9.74. The van der Waals surface area contributed by atoms with Crippen LogP contribution in [0.4, 0.5) is 0 Å². The third kappa shape index (κ3) is 4.31. The number of hydrogen-bond acceptors (Lipinski definition) is 4. The van der Waals surface area contributed by atoms with E-state index >= 15 is 0 Å². The zero-order valence-electron chi connectivity index (χ0n) is 14.9. The van der Waals surface area contributed by atoms with Crippen molar-refractivity contribution in [3.05, 3.63) is 29.8 Å². The Balaban J connectivity index is 2.07. The molecule has 1 aliphatic heterocycles. The van der Waals surface area contributed by atoms with Gasteiger partial charge in [0.1, 0.15) is 11.2 Å². The van der Waals surface area contributed by atoms with E-state index in [0.29, 0.717) is 32.4 Å². The fourth-order valence-corrected chi connectivity index (χ4v) is 3.46. The standard InChI is InChI=1S/C19H27NO5/c1-3-10-19(18(23)24)13-20(11-9-16(19)21)17(22)12-14-5-7-15(8-6-14)25-4-2/h5-8,16,21H,3-4,9-13H2,1-2H3,(H,23,24)/t16-,19+/m0/s1. The third-order valence-electron chi connectivity index (χ3n) is 4.85. The van der Waals surface area contributed by atoms with Crippen LogP contribution in [0.3, 0.4) is 0 Å². The molecule has 2 N–H and O–H groups in total. The van der Waals surface area contributed by atoms with Gasteiger partial charge in [-0.15, -0.1) is 0 Å². The molecule has 1 amide bonds. The quantitative estimate of drug-likeness (QED) is 0.787. The molecule has 2 rings (SSSR count). The predicted molar refractivity (Wildman–Crippen MR) is 93.5 cm³/mol. The first-order valence-electron chi connectivity index (χ1n) is 8.84. The van der Waals surface area contributed by atoms with Gasteiger partial charge in [-0.1, -0.05) is 25.5 Å². The molecule has 0 saturated carbocycles. The van der Waals surface area contributed by atoms with Crippen LogP contribution in [0, 0.1) is 5.41 Å². The molecule has 6 nitrogen and oxygen atoms in total. The zero-order chi connectivity index (χ0) is 18.4. The highest BCUT2D eigenvalue weighted by molar-refractivity contribution is 5.81. The van der Waals surface area contributed by atoms with Crippen LogP contribution in [0.15, 0.2) is 24.3 Å². The number of hydrogen-bond donors (Lipinski definition) is 2. The molecule has 0 spiro atoms. The van der Waals surface area contributed by atoms with Crippen molar-refractivity contribution in [1.29, 1.82) is 0 Å². The second-order valence-corrected chi connectivity index (χ2v) is 6.58. The lowest BCUT2D eigenvalue weighted by Crippen LogP contribution is -2.57. The number of benzene rings is 1. The van der Waals surface area contributed by atoms with Crippen LogP contribution in [0.1, 0.15) is 38.7 Å². The summed E-state index contributed by atoms with van der Waals surface area (Å²) in [5, 5.41) is 19.9. The summed E-state index contributed by atoms with van der Waals surface area (Å²) >= 11 is 0. The van der Waals surface area contributed by atoms with Gasteiger partial charge in [0.25, 0.3) is 0 Å². The summed E-state index contributed by atoms with van der Waals surface area (Å²) in [6, 6.07) is 7.34. The maximum atomic E-state index is 12.6. The molecule has 1 heterocycles. The van der Waals surface area contributed by atoms with E-state index in [9.17, 15) is 19.8 Å². The van der Waals surface area contributed by atoms with Crippen molar-refractivity contribution in [3.63, 3.8) is 0 Å². The number of carboxylic acid groups (broad SMARTS) is 1. The molecule has 0 radical (unpaired) electrons. The highest BCUT2D eigenvalue weighted by Crippen LogP contribution is 2.35. The average Bonchev–Trinajstić information content (AvgIpc) is 2.58. The Morgan fingerprint density at radius 1 is 1.28 bits per heavy atom. The number of aliphatic hydroxyl groups is 1. The lowest BCUT2D eigenvalue weighted by molar-refractivity contribution is -0.166. The van der Waals surface area contributed by atoms with E-state index in [1.165, 1.54) is 0 Å². The molecule has 0 unspecified atom stereocenters. The van der Waals surface area contributed by atoms with Crippen LogP contribution in [0.2, 0.25) is 0 Å². The summed E-state index contributed by atoms with van der Waals surface area (Å²) in [5.74, 6) is -0.383. The molecule has 1 saturated heterocycles. The van der Waals surface area contributed by atoms with Crippen LogP contribution in [-0.2, 0) is 16.0 Å². The molecule has 1 aliphatic rings. The number of nitrogens with zero attached hydrogens (tertiary/aromatic N) is 1. The second-order valence-electron chi connectivity index (χ2n) is 6.58. The average molecular weight is 349 g/mol. The van der Waals surface area contributed by atoms with Gasteiger partial charge in [0.15, 0.2) is 0 Å². The predicted octanol–water partition coefficient (Wildman–Crippen LogP) is 2.09. The van der Waals surface area contributed by atoms with Crippen molar-refractivity contribution in [1.82, 2.24) is 4.90 Å². The Morgan fingerprint density at radius 3 is 2.52 bits per heavy atom. The summed E-state index contributed by atoms with van der Waals surface area (Å²) in [6.45, 7) is 4.83. The summed E-state index contributed by atoms with van der Waals surface area (Å²) in [5.41, 5.74) is -0.405. The Kier molecular flexibility index (Phi) is 6.42. The van der Waals surface area contributed by atoms with Gasteiger partial charge < -0.3 is 19.8 Å². The number of aliphatic carboxylic acids is 1. The number of ether oxygens (including phenoxy) is 1. The SMILES string of the molecule is CCC[C@@]1(C(=O)O)CN(C(=O)Cc2ccc(OCC)cc2)CC[C@@H]1O. The molecular weight excluding hydrogens is 322 g/mol. The number of piperidine rings is 1. The minimum Gasteiger partial charge on any atom is -0.494 e. The van der Waals surface area contributed by atoms with Gasteiger partial charge in [-0.2, -0.15) is 0 Å². The van der Waals surface area contributed by atoms with Crippen molar-refractivity contribution in [2.75, 3.05) is 19.7 Å². The van der Waals surface area contributed by atoms with E-state index in [2.05, 4.69) is 0 Å². The van der Waals surface area contributed by atoms with Crippen molar-refractivity contribution in [2.45, 2.75) is 45.6 Å². The van der Waals surface area contributed by atoms with E-state index < -0.39 is 17.5 Å². The van der Waals surface area contributed by atoms with Crippen LogP contribution < -0.4 is 4.74 Å². The molecular formula is C19H27NO5. The largest absolute Gasteiger partial charge is 0.494 e. The number of carboxylic acids is 1. The van der Waals surface area contributed by atoms with Crippen molar-refractivity contribution >= 4 is 11.9 Å². The van der Waals surface area contributed by atoms with Crippen LogP contribution in [0.5, 0.6) is 5.75 Å². The Bertz CT molecular complexity index is 600. The number of carbonyl (C=O) groups excluding carboxylic acids is 1. The van der Waals surface area contributed by atoms with Gasteiger partial charge in [-0.3, -0.25) is 9.59 Å². The molecule has 1 aromatic carbocycles. The Morgan fingerprint density at radius 2 is 1.96 bits per heavy atom. The number of carbonyl (C=O) groups is 2. The van der Waals surface area contributed by atoms with Gasteiger partial charge in [0.2, 0.25) is 5.91 Å². The summed E-state index contributed by atoms with van der Waals surface area (Å²) in [4.78, 5) is 26.0. The summed E-state index contributed by atoms with van der Waals surface area (Å²) in [7, 11) is 0. The molecule has 138 valence electrons. The van der Waals surface area contributed by atoms with Crippen molar-refractivity contribution < 1.29 is 24.5 Å². The molecule has 25 heavy (non-hydrogen) atoms. The van der Waals surface area contributed by atoms with E-state index in [1.54, 1.807) is 4.90 Å². The molecule has 1 fully saturated rings. The maximum absolute atomic E-state index is 12.6. The zero-order valence-corrected chi connectivity index (χ0v) is 14.9. The van der Waals surface area contributed by atoms with Gasteiger partial charge in [-0.05, 0) is 37.5 Å². The summed E-state index contributed by atoms with van der Waals surface area (Å²) < 4.78 is 5.39. The normalized spacial score (nSPS) is 23.3. The summed E-state index contributed by atoms with van der Waals surface area (Å²) in [6.07, 6.45) is 0.589. The Hall–Kier alpha value is -2.08. The highest BCUT2D eigenvalue weighted by atomic mass is 16.5. The van der Waals surface area contributed by atoms with Crippen molar-refractivity contribution in [3.8, 4) is 5.75 Å². The van der Waals surface area contributed by atoms with Gasteiger partial charge in [0.05, 0.1) is 19.1 Å². The fourth-order valence-electron chi connectivity index (χ4n) is 3.46. The van der Waals surface area contributed by atoms with Gasteiger partial charge in [-0.25, -0.2) is 0 Å². The number of rotatable bonds is 7. The van der Waals surface area contributed by atoms with Gasteiger partial charge in [0, 0.05) is 13.1 Å². The van der Waals surface area contributed by atoms with Gasteiger partial charge >= 0.3 is 5.97 Å². The first-order chi connectivity index (χ1) is 11.9. The van der Waals surface area contributed by atoms with E-state index in [-0.39, 0.29) is 18.9 Å². The molecule has 0 aliphatic carbocycles. The maximum Gasteiger partial charge on any atom is 0.314 e. The van der Waals surface area contributed by atoms with E-state index in [0.717, 1.165) is 11.3 Å². The highest BCUT2D eigenvalue weighted by Gasteiger charge is 2.49. The van der Waals surface area contributed by atoms with E-state index in [1.807, 2.05) is 38.1 Å². The topological polar surface area (TPSA) is 87.1 Å². The lowest BCUT2D eigenvalue weighted by Gasteiger charge is -2.43. The van der Waals surface area contributed by atoms with E-state index in [4.69, 9.17) is 4.74 Å². The van der Waals surface area contributed by atoms with Crippen LogP contribution in [-0.4, -0.2) is 52.8 Å². The molecule has 6 heteroatoms. The first kappa shape index (κ1) is 19.2. The van der Waals surface area contributed by atoms with Crippen LogP contribution >= 0.6 is 0 Å². The number of amides is 1. The minimum atomic E-state index is -1.26. The smallest absolute Gasteiger partial charge is 0.314 e. The first-order valence-corrected chi connectivity index (χ1v) is 8.84. The minimum absolute atomic E-state index is 0.0627. The third-order valence-corrected chi connectivity index (χ3v) is 4.85. The monoisotopic (exact) mass is 349 g/mol. The fraction of sp³-hybridized carbons (Fsp3) is 0.579. The molecule has 0 aromatic heterocycles. The Labute approximate surface area is 148 Å². The van der Waals surface area contributed by atoms with Crippen LogP contribution in [0.25, 0.3) is 0 Å². The van der Waals surface area contributed by atoms with Crippen molar-refractivity contribution in [2.24, 2.45) is 5.41 Å². The number of aliphatic hydroxyl groups excluding tert-OH is 1.